The maximum atomic E-state index is 12.1. The van der Waals surface area contributed by atoms with Crippen molar-refractivity contribution in [1.29, 1.82) is 0 Å². The molecule has 2 atom stereocenters. The van der Waals surface area contributed by atoms with E-state index in [9.17, 15) is 4.21 Å². The molecule has 108 valence electrons. The summed E-state index contributed by atoms with van der Waals surface area (Å²) in [6, 6.07) is 9.99. The number of halogens is 1. The first-order valence-corrected chi connectivity index (χ1v) is 8.46. The van der Waals surface area contributed by atoms with Crippen molar-refractivity contribution in [1.82, 2.24) is 9.71 Å². The van der Waals surface area contributed by atoms with Crippen molar-refractivity contribution < 1.29 is 4.21 Å². The van der Waals surface area contributed by atoms with E-state index in [-0.39, 0.29) is 10.8 Å². The Labute approximate surface area is 130 Å². The summed E-state index contributed by atoms with van der Waals surface area (Å²) in [5.74, 6) is 0. The monoisotopic (exact) mass is 354 g/mol. The van der Waals surface area contributed by atoms with Crippen LogP contribution >= 0.6 is 15.9 Å². The third-order valence-corrected chi connectivity index (χ3v) is 5.13. The Morgan fingerprint density at radius 3 is 2.55 bits per heavy atom. The van der Waals surface area contributed by atoms with E-state index in [1.165, 1.54) is 0 Å². The predicted octanol–water partition coefficient (Wildman–Crippen LogP) is 4.11. The van der Waals surface area contributed by atoms with Crippen LogP contribution in [0.5, 0.6) is 0 Å². The fourth-order valence-electron chi connectivity index (χ4n) is 1.74. The molecule has 0 radical (unpaired) electrons. The molecule has 0 saturated heterocycles. The Bertz CT molecular complexity index is 652. The molecule has 2 rings (SSSR count). The molecule has 1 N–H and O–H groups in total. The number of nitrogens with one attached hydrogen (secondary N) is 1. The van der Waals surface area contributed by atoms with Gasteiger partial charge in [0, 0.05) is 9.86 Å². The lowest BCUT2D eigenvalue weighted by Gasteiger charge is -2.21. The molecule has 1 aromatic carbocycles. The van der Waals surface area contributed by atoms with Crippen molar-refractivity contribution in [2.75, 3.05) is 0 Å². The molecule has 1 aromatic heterocycles. The molecular weight excluding hydrogens is 336 g/mol. The van der Waals surface area contributed by atoms with Crippen LogP contribution in [0.25, 0.3) is 10.9 Å². The van der Waals surface area contributed by atoms with Gasteiger partial charge in [0.1, 0.15) is 0 Å². The van der Waals surface area contributed by atoms with Gasteiger partial charge in [0.05, 0.1) is 33.0 Å². The van der Waals surface area contributed by atoms with Gasteiger partial charge in [0.25, 0.3) is 0 Å². The number of nitrogens with zero attached hydrogens (tertiary/aromatic N) is 1. The van der Waals surface area contributed by atoms with Crippen LogP contribution in [0, 0.1) is 0 Å². The van der Waals surface area contributed by atoms with Gasteiger partial charge in [-0.15, -0.1) is 0 Å². The van der Waals surface area contributed by atoms with Crippen LogP contribution in [0.15, 0.2) is 34.8 Å². The van der Waals surface area contributed by atoms with Crippen LogP contribution in [-0.2, 0) is 11.0 Å². The molecule has 0 bridgehead atoms. The highest BCUT2D eigenvalue weighted by molar-refractivity contribution is 9.10. The van der Waals surface area contributed by atoms with Crippen molar-refractivity contribution >= 4 is 37.8 Å². The van der Waals surface area contributed by atoms with Gasteiger partial charge in [0.15, 0.2) is 0 Å². The molecule has 1 unspecified atom stereocenters. The van der Waals surface area contributed by atoms with E-state index in [1.54, 1.807) is 0 Å². The number of aromatic nitrogens is 1. The second kappa shape index (κ2) is 5.92. The second-order valence-electron chi connectivity index (χ2n) is 5.79. The van der Waals surface area contributed by atoms with Crippen LogP contribution in [0.1, 0.15) is 39.4 Å². The molecule has 0 aliphatic carbocycles. The highest BCUT2D eigenvalue weighted by Crippen LogP contribution is 2.21. The Hall–Kier alpha value is -0.780. The molecule has 0 fully saturated rings. The van der Waals surface area contributed by atoms with Crippen LogP contribution in [0.3, 0.4) is 0 Å². The summed E-state index contributed by atoms with van der Waals surface area (Å²) in [6.07, 6.45) is 0. The minimum Gasteiger partial charge on any atom is -0.251 e. The summed E-state index contributed by atoms with van der Waals surface area (Å²) in [6.45, 7) is 7.84. The number of pyridine rings is 1. The van der Waals surface area contributed by atoms with Gasteiger partial charge in [-0.25, -0.2) is 8.93 Å². The van der Waals surface area contributed by atoms with E-state index in [2.05, 4.69) is 25.6 Å². The normalized spacial score (nSPS) is 15.2. The lowest BCUT2D eigenvalue weighted by atomic mass is 10.1. The molecule has 0 saturated carbocycles. The Kier molecular flexibility index (Phi) is 4.62. The van der Waals surface area contributed by atoms with E-state index < -0.39 is 11.0 Å². The number of fused-ring (bicyclic) bond motifs is 1. The first-order chi connectivity index (χ1) is 9.27. The number of hydrogen-bond acceptors (Lipinski definition) is 2. The Morgan fingerprint density at radius 1 is 1.25 bits per heavy atom. The fraction of sp³-hybridized carbons (Fsp3) is 0.400. The molecule has 20 heavy (non-hydrogen) atoms. The summed E-state index contributed by atoms with van der Waals surface area (Å²) in [7, 11) is -1.11. The highest BCUT2D eigenvalue weighted by atomic mass is 79.9. The zero-order valence-corrected chi connectivity index (χ0v) is 14.5. The fourth-order valence-corrected chi connectivity index (χ4v) is 2.89. The number of hydrogen-bond donors (Lipinski definition) is 1. The Balaban J connectivity index is 2.26. The molecule has 0 aliphatic rings. The molecule has 1 heterocycles. The summed E-state index contributed by atoms with van der Waals surface area (Å²) in [4.78, 5) is 4.64. The van der Waals surface area contributed by atoms with E-state index in [0.29, 0.717) is 0 Å². The molecule has 0 aliphatic heterocycles. The molecule has 0 spiro atoms. The SMILES string of the molecule is C[C@@H](NS(=O)C(C)(C)C)c1ccc2ccc(Br)cc2n1. The minimum absolute atomic E-state index is 0.0570. The van der Waals surface area contributed by atoms with E-state index in [1.807, 2.05) is 58.0 Å². The summed E-state index contributed by atoms with van der Waals surface area (Å²) in [5, 5.41) is 1.10. The summed E-state index contributed by atoms with van der Waals surface area (Å²) in [5.41, 5.74) is 1.83. The van der Waals surface area contributed by atoms with Crippen LogP contribution in [0.2, 0.25) is 0 Å². The maximum absolute atomic E-state index is 12.1. The molecule has 5 heteroatoms. The number of benzene rings is 1. The standard InChI is InChI=1S/C15H19BrN2OS/c1-10(18-20(19)15(2,3)4)13-8-6-11-5-7-12(16)9-14(11)17-13/h5-10,18H,1-4H3/t10-,20?/m1/s1. The Morgan fingerprint density at radius 2 is 1.90 bits per heavy atom. The lowest BCUT2D eigenvalue weighted by Crippen LogP contribution is -2.35. The van der Waals surface area contributed by atoms with Crippen molar-refractivity contribution in [2.45, 2.75) is 38.5 Å². The van der Waals surface area contributed by atoms with Crippen LogP contribution in [0.4, 0.5) is 0 Å². The quantitative estimate of drug-likeness (QED) is 0.900. The largest absolute Gasteiger partial charge is 0.251 e. The van der Waals surface area contributed by atoms with Gasteiger partial charge in [-0.1, -0.05) is 28.1 Å². The minimum atomic E-state index is -1.11. The van der Waals surface area contributed by atoms with Gasteiger partial charge >= 0.3 is 0 Å². The zero-order valence-electron chi connectivity index (χ0n) is 12.1. The van der Waals surface area contributed by atoms with Crippen molar-refractivity contribution in [3.05, 3.63) is 40.5 Å². The van der Waals surface area contributed by atoms with Crippen molar-refractivity contribution in [3.63, 3.8) is 0 Å². The maximum Gasteiger partial charge on any atom is 0.0976 e. The molecular formula is C15H19BrN2OS. The smallest absolute Gasteiger partial charge is 0.0976 e. The molecule has 0 amide bonds. The van der Waals surface area contributed by atoms with Gasteiger partial charge < -0.3 is 0 Å². The topological polar surface area (TPSA) is 42.0 Å². The number of rotatable bonds is 3. The summed E-state index contributed by atoms with van der Waals surface area (Å²) < 4.78 is 16.0. The van der Waals surface area contributed by atoms with Crippen LogP contribution < -0.4 is 4.72 Å². The third-order valence-electron chi connectivity index (χ3n) is 2.96. The second-order valence-corrected chi connectivity index (χ2v) is 8.71. The summed E-state index contributed by atoms with van der Waals surface area (Å²) >= 11 is 3.46. The molecule has 3 nitrogen and oxygen atoms in total. The van der Waals surface area contributed by atoms with Crippen molar-refractivity contribution in [3.8, 4) is 0 Å². The average molecular weight is 355 g/mol. The third kappa shape index (κ3) is 3.65. The first-order valence-electron chi connectivity index (χ1n) is 6.51. The first kappa shape index (κ1) is 15.6. The average Bonchev–Trinajstić information content (AvgIpc) is 2.36. The highest BCUT2D eigenvalue weighted by Gasteiger charge is 2.22. The van der Waals surface area contributed by atoms with Crippen molar-refractivity contribution in [2.24, 2.45) is 0 Å². The lowest BCUT2D eigenvalue weighted by molar-refractivity contribution is 0.612. The van der Waals surface area contributed by atoms with E-state index in [0.717, 1.165) is 21.1 Å². The van der Waals surface area contributed by atoms with Crippen LogP contribution in [-0.4, -0.2) is 13.9 Å². The van der Waals surface area contributed by atoms with E-state index >= 15 is 0 Å². The predicted molar refractivity (Wildman–Crippen MR) is 88.9 cm³/mol. The van der Waals surface area contributed by atoms with Gasteiger partial charge in [-0.2, -0.15) is 0 Å². The van der Waals surface area contributed by atoms with Gasteiger partial charge in [-0.3, -0.25) is 4.98 Å². The zero-order chi connectivity index (χ0) is 14.9. The van der Waals surface area contributed by atoms with Gasteiger partial charge in [0.2, 0.25) is 0 Å². The van der Waals surface area contributed by atoms with E-state index in [4.69, 9.17) is 0 Å². The molecule has 2 aromatic rings. The van der Waals surface area contributed by atoms with Gasteiger partial charge in [-0.05, 0) is 45.9 Å².